The molecule has 0 saturated carbocycles. The van der Waals surface area contributed by atoms with Gasteiger partial charge in [-0.05, 0) is 37.3 Å². The molecule has 20 heavy (non-hydrogen) atoms. The van der Waals surface area contributed by atoms with E-state index in [1.807, 2.05) is 0 Å². The molecule has 2 aliphatic heterocycles. The summed E-state index contributed by atoms with van der Waals surface area (Å²) < 4.78 is 0. The van der Waals surface area contributed by atoms with E-state index in [1.54, 1.807) is 0 Å². The second kappa shape index (κ2) is 6.44. The van der Waals surface area contributed by atoms with Crippen LogP contribution in [0.2, 0.25) is 0 Å². The Morgan fingerprint density at radius 2 is 1.95 bits per heavy atom. The van der Waals surface area contributed by atoms with Crippen molar-refractivity contribution in [3.63, 3.8) is 0 Å². The highest BCUT2D eigenvalue weighted by atomic mass is 16.2. The molecule has 3 atom stereocenters. The number of rotatable bonds is 5. The molecule has 0 spiro atoms. The predicted octanol–water partition coefficient (Wildman–Crippen LogP) is 1.77. The zero-order chi connectivity index (χ0) is 14.9. The van der Waals surface area contributed by atoms with Crippen molar-refractivity contribution >= 4 is 5.91 Å². The second-order valence-corrected chi connectivity index (χ2v) is 7.12. The number of carbonyl (C=O) groups excluding carboxylic acids is 1. The van der Waals surface area contributed by atoms with Gasteiger partial charge in [-0.2, -0.15) is 0 Å². The van der Waals surface area contributed by atoms with Gasteiger partial charge in [-0.15, -0.1) is 0 Å². The maximum absolute atomic E-state index is 12.7. The lowest BCUT2D eigenvalue weighted by atomic mass is 10.0. The summed E-state index contributed by atoms with van der Waals surface area (Å²) in [6.45, 7) is 15.3. The van der Waals surface area contributed by atoms with Gasteiger partial charge in [0.25, 0.3) is 0 Å². The van der Waals surface area contributed by atoms with Crippen molar-refractivity contribution in [1.29, 1.82) is 0 Å². The summed E-state index contributed by atoms with van der Waals surface area (Å²) in [5, 5.41) is 3.55. The average Bonchev–Trinajstić information content (AvgIpc) is 2.96. The van der Waals surface area contributed by atoms with E-state index in [0.717, 1.165) is 19.6 Å². The Morgan fingerprint density at radius 3 is 2.45 bits per heavy atom. The number of likely N-dealkylation sites (tertiary alicyclic amines) is 1. The van der Waals surface area contributed by atoms with Crippen LogP contribution in [0.5, 0.6) is 0 Å². The molecule has 0 bridgehead atoms. The number of amides is 1. The molecular formula is C16H31N3O. The van der Waals surface area contributed by atoms with Crippen LogP contribution in [0.15, 0.2) is 0 Å². The molecule has 2 aliphatic rings. The Morgan fingerprint density at radius 1 is 1.25 bits per heavy atom. The third-order valence-corrected chi connectivity index (χ3v) is 4.81. The Bertz CT molecular complexity index is 343. The molecule has 2 heterocycles. The Balaban J connectivity index is 2.02. The molecule has 2 rings (SSSR count). The highest BCUT2D eigenvalue weighted by Gasteiger charge is 2.42. The molecule has 2 fully saturated rings. The van der Waals surface area contributed by atoms with Crippen LogP contribution in [0, 0.1) is 17.8 Å². The van der Waals surface area contributed by atoms with Gasteiger partial charge in [0, 0.05) is 13.1 Å². The first-order valence-corrected chi connectivity index (χ1v) is 8.22. The first-order valence-electron chi connectivity index (χ1n) is 8.22. The van der Waals surface area contributed by atoms with Gasteiger partial charge >= 0.3 is 0 Å². The zero-order valence-corrected chi connectivity index (χ0v) is 13.7. The summed E-state index contributed by atoms with van der Waals surface area (Å²) in [7, 11) is 0. The standard InChI is InChI=1S/C16H31N3O/c1-6-18-8-7-13(9-18)10-19-15(12(4)5)17-14(11(2)3)16(19)20/h11-15,17H,6-10H2,1-5H3. The first kappa shape index (κ1) is 15.8. The molecule has 0 aromatic heterocycles. The van der Waals surface area contributed by atoms with Crippen molar-refractivity contribution in [2.75, 3.05) is 26.2 Å². The van der Waals surface area contributed by atoms with Crippen molar-refractivity contribution in [3.8, 4) is 0 Å². The Kier molecular flexibility index (Phi) is 5.08. The van der Waals surface area contributed by atoms with Gasteiger partial charge in [0.1, 0.15) is 0 Å². The fraction of sp³-hybridized carbons (Fsp3) is 0.938. The van der Waals surface area contributed by atoms with Gasteiger partial charge in [0.2, 0.25) is 5.91 Å². The van der Waals surface area contributed by atoms with Crippen LogP contribution in [0.1, 0.15) is 41.0 Å². The molecule has 0 radical (unpaired) electrons. The minimum Gasteiger partial charge on any atom is -0.325 e. The van der Waals surface area contributed by atoms with Gasteiger partial charge in [-0.1, -0.05) is 34.6 Å². The van der Waals surface area contributed by atoms with Gasteiger partial charge in [-0.25, -0.2) is 0 Å². The molecule has 4 heteroatoms. The summed E-state index contributed by atoms with van der Waals surface area (Å²) in [5.41, 5.74) is 0. The quantitative estimate of drug-likeness (QED) is 0.834. The van der Waals surface area contributed by atoms with Crippen molar-refractivity contribution in [1.82, 2.24) is 15.1 Å². The van der Waals surface area contributed by atoms with E-state index in [1.165, 1.54) is 13.0 Å². The minimum absolute atomic E-state index is 0.00563. The largest absolute Gasteiger partial charge is 0.325 e. The molecule has 1 N–H and O–H groups in total. The summed E-state index contributed by atoms with van der Waals surface area (Å²) in [4.78, 5) is 17.3. The van der Waals surface area contributed by atoms with Crippen LogP contribution in [-0.4, -0.2) is 54.1 Å². The smallest absolute Gasteiger partial charge is 0.241 e. The normalized spacial score (nSPS) is 32.0. The zero-order valence-electron chi connectivity index (χ0n) is 13.7. The average molecular weight is 281 g/mol. The van der Waals surface area contributed by atoms with Crippen LogP contribution < -0.4 is 5.32 Å². The van der Waals surface area contributed by atoms with Crippen LogP contribution in [0.3, 0.4) is 0 Å². The highest BCUT2D eigenvalue weighted by molar-refractivity contribution is 5.84. The number of nitrogens with one attached hydrogen (secondary N) is 1. The maximum Gasteiger partial charge on any atom is 0.241 e. The second-order valence-electron chi connectivity index (χ2n) is 7.12. The van der Waals surface area contributed by atoms with Crippen molar-refractivity contribution in [2.45, 2.75) is 53.2 Å². The molecule has 0 aromatic rings. The fourth-order valence-corrected chi connectivity index (χ4v) is 3.52. The van der Waals surface area contributed by atoms with Gasteiger partial charge < -0.3 is 9.80 Å². The van der Waals surface area contributed by atoms with E-state index in [0.29, 0.717) is 23.7 Å². The lowest BCUT2D eigenvalue weighted by molar-refractivity contribution is -0.131. The third kappa shape index (κ3) is 3.17. The van der Waals surface area contributed by atoms with Crippen molar-refractivity contribution in [2.24, 2.45) is 17.8 Å². The highest BCUT2D eigenvalue weighted by Crippen LogP contribution is 2.25. The van der Waals surface area contributed by atoms with E-state index in [-0.39, 0.29) is 12.2 Å². The van der Waals surface area contributed by atoms with Gasteiger partial charge in [0.05, 0.1) is 12.2 Å². The van der Waals surface area contributed by atoms with Crippen molar-refractivity contribution < 1.29 is 4.79 Å². The number of hydrogen-bond acceptors (Lipinski definition) is 3. The topological polar surface area (TPSA) is 35.6 Å². The SMILES string of the molecule is CCN1CCC(CN2C(=O)C(C(C)C)NC2C(C)C)C1. The van der Waals surface area contributed by atoms with Crippen LogP contribution in [0.25, 0.3) is 0 Å². The molecule has 0 aliphatic carbocycles. The Hall–Kier alpha value is -0.610. The van der Waals surface area contributed by atoms with E-state index in [4.69, 9.17) is 0 Å². The third-order valence-electron chi connectivity index (χ3n) is 4.81. The summed E-state index contributed by atoms with van der Waals surface area (Å²) in [6, 6.07) is 0.00563. The molecular weight excluding hydrogens is 250 g/mol. The van der Waals surface area contributed by atoms with E-state index in [9.17, 15) is 4.79 Å². The van der Waals surface area contributed by atoms with Crippen LogP contribution in [-0.2, 0) is 4.79 Å². The molecule has 0 aromatic carbocycles. The van der Waals surface area contributed by atoms with Crippen LogP contribution in [0.4, 0.5) is 0 Å². The number of carbonyl (C=O) groups is 1. The van der Waals surface area contributed by atoms with E-state index < -0.39 is 0 Å². The van der Waals surface area contributed by atoms with E-state index in [2.05, 4.69) is 49.7 Å². The first-order chi connectivity index (χ1) is 9.43. The fourth-order valence-electron chi connectivity index (χ4n) is 3.52. The molecule has 116 valence electrons. The maximum atomic E-state index is 12.7. The molecule has 4 nitrogen and oxygen atoms in total. The summed E-state index contributed by atoms with van der Waals surface area (Å²) in [6.07, 6.45) is 1.44. The lowest BCUT2D eigenvalue weighted by Crippen LogP contribution is -2.44. The van der Waals surface area contributed by atoms with Crippen molar-refractivity contribution in [3.05, 3.63) is 0 Å². The molecule has 2 saturated heterocycles. The summed E-state index contributed by atoms with van der Waals surface area (Å²) in [5.74, 6) is 1.79. The summed E-state index contributed by atoms with van der Waals surface area (Å²) >= 11 is 0. The van der Waals surface area contributed by atoms with Crippen LogP contribution >= 0.6 is 0 Å². The predicted molar refractivity (Wildman–Crippen MR) is 82.3 cm³/mol. The number of hydrogen-bond donors (Lipinski definition) is 1. The lowest BCUT2D eigenvalue weighted by Gasteiger charge is -2.29. The van der Waals surface area contributed by atoms with Gasteiger partial charge in [0.15, 0.2) is 0 Å². The molecule has 1 amide bonds. The number of nitrogens with zero attached hydrogens (tertiary/aromatic N) is 2. The van der Waals surface area contributed by atoms with Gasteiger partial charge in [-0.3, -0.25) is 10.1 Å². The minimum atomic E-state index is 0.00563. The molecule has 3 unspecified atom stereocenters. The monoisotopic (exact) mass is 281 g/mol. The van der Waals surface area contributed by atoms with E-state index >= 15 is 0 Å². The Labute approximate surface area is 123 Å².